The van der Waals surface area contributed by atoms with E-state index in [0.717, 1.165) is 59.2 Å². The number of unbranched alkanes of at least 4 members (excludes halogenated alkanes) is 36. The number of thiophene rings is 4. The van der Waals surface area contributed by atoms with Gasteiger partial charge in [0.15, 0.2) is 0 Å². The quantitative estimate of drug-likeness (QED) is 0.0355. The molecular weight excluding hydrogens is 1290 g/mol. The summed E-state index contributed by atoms with van der Waals surface area (Å²) >= 11 is 11.2. The van der Waals surface area contributed by atoms with Gasteiger partial charge in [-0.3, -0.25) is 0 Å². The summed E-state index contributed by atoms with van der Waals surface area (Å²) in [6.45, 7) is 11.5. The number of benzene rings is 2. The Balaban J connectivity index is 1.13. The van der Waals surface area contributed by atoms with Gasteiger partial charge in [0.25, 0.3) is 0 Å². The first-order chi connectivity index (χ1) is 46.6. The van der Waals surface area contributed by atoms with Crippen molar-refractivity contribution in [1.82, 2.24) is 9.97 Å². The van der Waals surface area contributed by atoms with Crippen molar-refractivity contribution in [2.24, 2.45) is 0 Å². The van der Waals surface area contributed by atoms with E-state index in [-0.39, 0.29) is 0 Å². The van der Waals surface area contributed by atoms with Crippen LogP contribution in [0.1, 0.15) is 318 Å². The lowest BCUT2D eigenvalue weighted by atomic mass is 10.0. The minimum absolute atomic E-state index is 0.603. The molecule has 520 valence electrons. The molecule has 0 spiro atoms. The predicted octanol–water partition coefficient (Wildman–Crippen LogP) is 31.7. The number of nitrogens with zero attached hydrogens (tertiary/aromatic N) is 2. The summed E-state index contributed by atoms with van der Waals surface area (Å²) < 4.78 is 41.4. The van der Waals surface area contributed by atoms with Gasteiger partial charge in [0.1, 0.15) is 10.0 Å². The summed E-state index contributed by atoms with van der Waals surface area (Å²) in [5.41, 5.74) is 8.06. The van der Waals surface area contributed by atoms with Crippen LogP contribution in [0.2, 0.25) is 0 Å². The summed E-state index contributed by atoms with van der Waals surface area (Å²) in [4.78, 5) is 24.1. The fraction of sp³-hybridized carbons (Fsp3) is 0.595. The van der Waals surface area contributed by atoms with Crippen molar-refractivity contribution in [2.45, 2.75) is 323 Å². The van der Waals surface area contributed by atoms with E-state index < -0.39 is 11.7 Å². The van der Waals surface area contributed by atoms with Gasteiger partial charge < -0.3 is 0 Å². The summed E-state index contributed by atoms with van der Waals surface area (Å²) in [5.74, 6) is 0. The minimum Gasteiger partial charge on any atom is -0.240 e. The van der Waals surface area contributed by atoms with Gasteiger partial charge in [-0.15, -0.1) is 68.0 Å². The minimum atomic E-state index is -4.38. The van der Waals surface area contributed by atoms with Crippen molar-refractivity contribution >= 4 is 68.0 Å². The number of hydrogen-bond donors (Lipinski definition) is 0. The van der Waals surface area contributed by atoms with Crippen molar-refractivity contribution in [2.75, 3.05) is 0 Å². The molecule has 95 heavy (non-hydrogen) atoms. The second kappa shape index (κ2) is 43.7. The van der Waals surface area contributed by atoms with Gasteiger partial charge in [0.05, 0.1) is 36.5 Å². The highest BCUT2D eigenvalue weighted by Crippen LogP contribution is 2.51. The normalized spacial score (nSPS) is 12.0. The molecule has 2 aromatic carbocycles. The van der Waals surface area contributed by atoms with Crippen molar-refractivity contribution in [3.05, 3.63) is 119 Å². The molecule has 0 amide bonds. The molecule has 0 radical (unpaired) electrons. The molecule has 8 rings (SSSR count). The largest absolute Gasteiger partial charge is 0.416 e. The number of aromatic nitrogens is 2. The Morgan fingerprint density at radius 1 is 0.295 bits per heavy atom. The summed E-state index contributed by atoms with van der Waals surface area (Å²) in [7, 11) is 0. The van der Waals surface area contributed by atoms with Crippen LogP contribution in [0.5, 0.6) is 0 Å². The third-order valence-corrected chi connectivity index (χ3v) is 26.9. The first kappa shape index (κ1) is 77.0. The number of alkyl halides is 3. The third kappa shape index (κ3) is 26.1. The first-order valence-corrected chi connectivity index (χ1v) is 43.2. The molecule has 0 saturated heterocycles. The zero-order valence-electron chi connectivity index (χ0n) is 59.2. The Morgan fingerprint density at radius 3 is 1.02 bits per heavy atom. The molecule has 8 aromatic rings. The van der Waals surface area contributed by atoms with E-state index in [9.17, 15) is 13.2 Å². The fourth-order valence-corrected chi connectivity index (χ4v) is 20.7. The molecule has 0 aliphatic rings. The van der Waals surface area contributed by atoms with Crippen LogP contribution >= 0.6 is 68.0 Å². The second-order valence-electron chi connectivity index (χ2n) is 27.5. The standard InChI is InChI=1S/C84H117F3N2S6/c1-6-10-14-18-22-26-30-34-38-42-49-67-62-76(65-51-46-48-64(5)60-65)92-78(67)82-88-70(54-44-40-36-32-28-24-20-16-12-8-3)80(94-82)81-71(55-45-41-37-33-29-25-21-17-13-9-4)89-83(95-81)79-68(50-43-39-35-31-27-23-19-15-11-7-2)63-77(93-79)75-59-58-74(91-75)73-57-56-72(90-73)66-52-47-53-69(61-66)84(85,86)87/h46-48,51-53,56-63H,6-45,49-50,54-55H2,1-5H3. The highest BCUT2D eigenvalue weighted by atomic mass is 32.1. The van der Waals surface area contributed by atoms with Crippen LogP contribution in [0.4, 0.5) is 13.2 Å². The van der Waals surface area contributed by atoms with Crippen molar-refractivity contribution in [1.29, 1.82) is 0 Å². The van der Waals surface area contributed by atoms with Crippen LogP contribution in [0.25, 0.3) is 69.9 Å². The Hall–Kier alpha value is -3.71. The average Bonchev–Trinajstić information content (AvgIpc) is 1.63. The Bertz CT molecular complexity index is 3360. The lowest BCUT2D eigenvalue weighted by Crippen LogP contribution is -2.04. The number of halogens is 3. The van der Waals surface area contributed by atoms with Crippen molar-refractivity contribution < 1.29 is 13.2 Å². The smallest absolute Gasteiger partial charge is 0.240 e. The molecule has 6 heterocycles. The monoisotopic (exact) mass is 1400 g/mol. The molecule has 0 bridgehead atoms. The van der Waals surface area contributed by atoms with Crippen LogP contribution in [0.3, 0.4) is 0 Å². The summed E-state index contributed by atoms with van der Waals surface area (Å²) in [5, 5.41) is 2.37. The zero-order chi connectivity index (χ0) is 66.7. The molecular formula is C84H117F3N2S6. The molecule has 0 atom stereocenters. The molecule has 0 fully saturated rings. The van der Waals surface area contributed by atoms with Crippen LogP contribution < -0.4 is 0 Å². The number of aryl methyl sites for hydroxylation is 5. The van der Waals surface area contributed by atoms with Gasteiger partial charge in [0, 0.05) is 29.3 Å². The lowest BCUT2D eigenvalue weighted by molar-refractivity contribution is -0.137. The highest BCUT2D eigenvalue weighted by molar-refractivity contribution is 7.30. The van der Waals surface area contributed by atoms with Crippen LogP contribution in [-0.4, -0.2) is 9.97 Å². The SMILES string of the molecule is CCCCCCCCCCCCc1cc(-c2cccc(C)c2)sc1-c1nc(CCCCCCCCCCCC)c(-c2sc(-c3sc(-c4ccc(-c5ccc(-c6cccc(C(F)(F)F)c6)s5)s4)cc3CCCCCCCCCCCC)nc2CCCCCCCCCCCC)s1. The van der Waals surface area contributed by atoms with E-state index in [1.54, 1.807) is 28.7 Å². The Kier molecular flexibility index (Phi) is 35.5. The van der Waals surface area contributed by atoms with Crippen molar-refractivity contribution in [3.8, 4) is 69.9 Å². The Labute approximate surface area is 598 Å². The third-order valence-electron chi connectivity index (χ3n) is 19.2. The van der Waals surface area contributed by atoms with Gasteiger partial charge >= 0.3 is 6.18 Å². The molecule has 0 saturated carbocycles. The Morgan fingerprint density at radius 2 is 0.621 bits per heavy atom. The molecule has 0 aliphatic carbocycles. The molecule has 6 aromatic heterocycles. The van der Waals surface area contributed by atoms with Gasteiger partial charge in [-0.2, -0.15) is 13.2 Å². The number of thiazole rings is 2. The van der Waals surface area contributed by atoms with Gasteiger partial charge in [-0.25, -0.2) is 9.97 Å². The molecule has 2 nitrogen and oxygen atoms in total. The maximum Gasteiger partial charge on any atom is 0.416 e. The van der Waals surface area contributed by atoms with Gasteiger partial charge in [0.2, 0.25) is 0 Å². The van der Waals surface area contributed by atoms with Gasteiger partial charge in [-0.1, -0.05) is 301 Å². The van der Waals surface area contributed by atoms with E-state index in [0.29, 0.717) is 5.56 Å². The van der Waals surface area contributed by atoms with E-state index in [4.69, 9.17) is 9.97 Å². The predicted molar refractivity (Wildman–Crippen MR) is 419 cm³/mol. The summed E-state index contributed by atoms with van der Waals surface area (Å²) in [6, 6.07) is 28.4. The zero-order valence-corrected chi connectivity index (χ0v) is 64.1. The summed E-state index contributed by atoms with van der Waals surface area (Å²) in [6.07, 6.45) is 52.5. The molecule has 0 unspecified atom stereocenters. The first-order valence-electron chi connectivity index (χ1n) is 38.3. The molecule has 0 aliphatic heterocycles. The van der Waals surface area contributed by atoms with E-state index in [1.165, 1.54) is 334 Å². The van der Waals surface area contributed by atoms with E-state index >= 15 is 0 Å². The maximum absolute atomic E-state index is 13.8. The van der Waals surface area contributed by atoms with Crippen LogP contribution in [0.15, 0.2) is 84.9 Å². The fourth-order valence-electron chi connectivity index (χ4n) is 13.5. The van der Waals surface area contributed by atoms with Crippen molar-refractivity contribution in [3.63, 3.8) is 0 Å². The number of hydrogen-bond acceptors (Lipinski definition) is 8. The van der Waals surface area contributed by atoms with E-state index in [1.807, 2.05) is 51.4 Å². The second-order valence-corrected chi connectivity index (χ2v) is 33.8. The maximum atomic E-state index is 13.8. The van der Waals surface area contributed by atoms with Crippen LogP contribution in [0, 0.1) is 6.92 Å². The molecule has 0 N–H and O–H groups in total. The topological polar surface area (TPSA) is 25.8 Å². The van der Waals surface area contributed by atoms with Gasteiger partial charge in [-0.05, 0) is 129 Å². The van der Waals surface area contributed by atoms with E-state index in [2.05, 4.69) is 89.2 Å². The molecule has 11 heteroatoms. The number of rotatable bonds is 51. The average molecular weight is 1400 g/mol. The lowest BCUT2D eigenvalue weighted by Gasteiger charge is -2.07. The highest BCUT2D eigenvalue weighted by Gasteiger charge is 2.31. The van der Waals surface area contributed by atoms with Crippen LogP contribution in [-0.2, 0) is 31.9 Å².